The van der Waals surface area contributed by atoms with Crippen molar-refractivity contribution in [3.05, 3.63) is 72.1 Å². The first-order valence-corrected chi connectivity index (χ1v) is 16.0. The van der Waals surface area contributed by atoms with Crippen LogP contribution < -0.4 is 19.7 Å². The van der Waals surface area contributed by atoms with E-state index < -0.39 is 21.3 Å². The van der Waals surface area contributed by atoms with Gasteiger partial charge in [0, 0.05) is 66.4 Å². The van der Waals surface area contributed by atoms with Gasteiger partial charge in [-0.3, -0.25) is 19.5 Å². The van der Waals surface area contributed by atoms with E-state index in [4.69, 9.17) is 4.74 Å². The maximum atomic E-state index is 15.6. The molecular formula is C31H33FN6O4S. The molecule has 0 bridgehead atoms. The number of likely N-dealkylation sites (N-methyl/N-ethyl adjacent to an activating group) is 1. The van der Waals surface area contributed by atoms with Crippen molar-refractivity contribution in [2.75, 3.05) is 36.1 Å². The molecule has 1 aliphatic carbocycles. The molecule has 0 radical (unpaired) electrons. The van der Waals surface area contributed by atoms with E-state index in [9.17, 15) is 13.2 Å². The van der Waals surface area contributed by atoms with Gasteiger partial charge in [0.15, 0.2) is 0 Å². The summed E-state index contributed by atoms with van der Waals surface area (Å²) in [5.41, 5.74) is 2.98. The van der Waals surface area contributed by atoms with Crippen molar-refractivity contribution < 1.29 is 22.3 Å². The number of carbonyl (C=O) groups is 1. The fraction of sp³-hybridized carbons (Fsp3) is 0.355. The number of rotatable bonds is 9. The van der Waals surface area contributed by atoms with Gasteiger partial charge in [0.25, 0.3) is 0 Å². The Labute approximate surface area is 249 Å². The van der Waals surface area contributed by atoms with E-state index in [1.165, 1.54) is 18.3 Å². The molecule has 224 valence electrons. The highest BCUT2D eigenvalue weighted by Gasteiger charge is 2.58. The van der Waals surface area contributed by atoms with Crippen molar-refractivity contribution in [2.45, 2.75) is 44.1 Å². The third kappa shape index (κ3) is 5.29. The van der Waals surface area contributed by atoms with Crippen LogP contribution in [-0.2, 0) is 20.2 Å². The first-order chi connectivity index (χ1) is 20.5. The van der Waals surface area contributed by atoms with Crippen LogP contribution in [0.1, 0.15) is 43.7 Å². The van der Waals surface area contributed by atoms with E-state index in [1.54, 1.807) is 30.4 Å². The number of pyridine rings is 3. The summed E-state index contributed by atoms with van der Waals surface area (Å²) >= 11 is 0. The van der Waals surface area contributed by atoms with Gasteiger partial charge < -0.3 is 15.0 Å². The molecule has 3 aromatic heterocycles. The van der Waals surface area contributed by atoms with Crippen LogP contribution in [0.3, 0.4) is 0 Å². The number of nitrogens with zero attached hydrogens (tertiary/aromatic N) is 4. The van der Waals surface area contributed by atoms with E-state index in [0.717, 1.165) is 17.4 Å². The molecule has 6 rings (SSSR count). The first kappa shape index (κ1) is 28.9. The highest BCUT2D eigenvalue weighted by atomic mass is 32.2. The normalized spacial score (nSPS) is 19.6. The Morgan fingerprint density at radius 1 is 1.16 bits per heavy atom. The molecular weight excluding hydrogens is 571 g/mol. The van der Waals surface area contributed by atoms with Gasteiger partial charge in [-0.25, -0.2) is 17.8 Å². The number of hydrogen-bond acceptors (Lipinski definition) is 8. The molecule has 1 fully saturated rings. The van der Waals surface area contributed by atoms with Crippen molar-refractivity contribution in [3.63, 3.8) is 0 Å². The van der Waals surface area contributed by atoms with Crippen molar-refractivity contribution >= 4 is 38.2 Å². The van der Waals surface area contributed by atoms with Gasteiger partial charge in [0.1, 0.15) is 18.1 Å². The standard InChI is InChI=1S/C31H33FN6O4S/c1-18(2)34-8-9-42-29-26(37-43(4,40)41)10-20(16-36-29)22-11-23-25(12-24(22)32)35-17-27-28(23)31(30(39)38(27)3)13-21(14-31)19-6-5-7-33-15-19/h5-7,10-12,15-18,21,34,37H,8-9,13-14H2,1-4H3/t21-,31-. The van der Waals surface area contributed by atoms with Gasteiger partial charge in [0.05, 0.1) is 29.1 Å². The van der Waals surface area contributed by atoms with E-state index >= 15 is 4.39 Å². The molecule has 12 heteroatoms. The molecule has 1 saturated carbocycles. The number of anilines is 2. The van der Waals surface area contributed by atoms with Crippen LogP contribution in [0.2, 0.25) is 0 Å². The Bertz CT molecular complexity index is 1830. The minimum absolute atomic E-state index is 0.00224. The van der Waals surface area contributed by atoms with E-state index in [2.05, 4.69) is 25.0 Å². The average Bonchev–Trinajstić information content (AvgIpc) is 3.16. The minimum atomic E-state index is -3.68. The Balaban J connectivity index is 1.41. The molecule has 4 heterocycles. The molecule has 0 unspecified atom stereocenters. The largest absolute Gasteiger partial charge is 0.475 e. The van der Waals surface area contributed by atoms with Crippen LogP contribution in [0.25, 0.3) is 22.0 Å². The Morgan fingerprint density at radius 3 is 2.65 bits per heavy atom. The Morgan fingerprint density at radius 2 is 1.95 bits per heavy atom. The molecule has 2 aliphatic rings. The second kappa shape index (κ2) is 10.8. The lowest BCUT2D eigenvalue weighted by Gasteiger charge is -2.44. The zero-order chi connectivity index (χ0) is 30.5. The highest BCUT2D eigenvalue weighted by Crippen LogP contribution is 2.60. The van der Waals surface area contributed by atoms with Gasteiger partial charge >= 0.3 is 0 Å². The number of fused-ring (bicyclic) bond motifs is 4. The number of nitrogens with one attached hydrogen (secondary N) is 2. The van der Waals surface area contributed by atoms with Crippen LogP contribution in [0, 0.1) is 5.82 Å². The quantitative estimate of drug-likeness (QED) is 0.270. The molecule has 2 N–H and O–H groups in total. The third-order valence-electron chi connectivity index (χ3n) is 8.19. The lowest BCUT2D eigenvalue weighted by molar-refractivity contribution is -0.126. The van der Waals surface area contributed by atoms with Gasteiger partial charge in [0.2, 0.25) is 21.8 Å². The summed E-state index contributed by atoms with van der Waals surface area (Å²) in [7, 11) is -1.94. The second-order valence-electron chi connectivity index (χ2n) is 11.6. The lowest BCUT2D eigenvalue weighted by atomic mass is 9.57. The number of benzene rings is 1. The Kier molecular flexibility index (Phi) is 7.29. The molecule has 1 aliphatic heterocycles. The molecule has 1 aromatic carbocycles. The molecule has 0 atom stereocenters. The summed E-state index contributed by atoms with van der Waals surface area (Å²) < 4.78 is 48.2. The number of halogens is 1. The number of sulfonamides is 1. The summed E-state index contributed by atoms with van der Waals surface area (Å²) in [6.45, 7) is 4.81. The van der Waals surface area contributed by atoms with Gasteiger partial charge in [-0.2, -0.15) is 0 Å². The van der Waals surface area contributed by atoms with Gasteiger partial charge in [-0.15, -0.1) is 0 Å². The van der Waals surface area contributed by atoms with Gasteiger partial charge in [-0.1, -0.05) is 19.9 Å². The van der Waals surface area contributed by atoms with Crippen LogP contribution in [0.5, 0.6) is 5.88 Å². The maximum absolute atomic E-state index is 15.6. The molecule has 0 saturated heterocycles. The second-order valence-corrected chi connectivity index (χ2v) is 13.4. The summed E-state index contributed by atoms with van der Waals surface area (Å²) in [5.74, 6) is -0.282. The van der Waals surface area contributed by atoms with Crippen molar-refractivity contribution in [3.8, 4) is 17.0 Å². The fourth-order valence-electron chi connectivity index (χ4n) is 6.21. The SMILES string of the molecule is CC(C)NCCOc1ncc(-c2cc3c(cc2F)ncc2c3[C@]3(C[C@@H](c4cccnc4)C3)C(=O)N2C)cc1NS(C)(=O)=O. The van der Waals surface area contributed by atoms with Crippen molar-refractivity contribution in [2.24, 2.45) is 0 Å². The monoisotopic (exact) mass is 604 g/mol. The molecule has 4 aromatic rings. The maximum Gasteiger partial charge on any atom is 0.238 e. The molecule has 1 spiro atoms. The summed E-state index contributed by atoms with van der Waals surface area (Å²) in [6.07, 6.45) is 8.91. The molecule has 1 amide bonds. The zero-order valence-corrected chi connectivity index (χ0v) is 25.2. The van der Waals surface area contributed by atoms with Crippen LogP contribution in [-0.4, -0.2) is 61.8 Å². The number of hydrogen-bond donors (Lipinski definition) is 2. The number of carbonyl (C=O) groups excluding carboxylic acids is 1. The summed E-state index contributed by atoms with van der Waals surface area (Å²) in [5, 5.41) is 3.90. The van der Waals surface area contributed by atoms with Gasteiger partial charge in [-0.05, 0) is 42.5 Å². The topological polar surface area (TPSA) is 126 Å². The van der Waals surface area contributed by atoms with E-state index in [0.29, 0.717) is 41.5 Å². The first-order valence-electron chi connectivity index (χ1n) is 14.1. The predicted molar refractivity (Wildman–Crippen MR) is 163 cm³/mol. The summed E-state index contributed by atoms with van der Waals surface area (Å²) in [6, 6.07) is 8.73. The third-order valence-corrected chi connectivity index (χ3v) is 8.78. The van der Waals surface area contributed by atoms with Crippen LogP contribution >= 0.6 is 0 Å². The highest BCUT2D eigenvalue weighted by molar-refractivity contribution is 7.92. The average molecular weight is 605 g/mol. The smallest absolute Gasteiger partial charge is 0.238 e. The molecule has 43 heavy (non-hydrogen) atoms. The Hall–Kier alpha value is -4.16. The van der Waals surface area contributed by atoms with Crippen molar-refractivity contribution in [1.29, 1.82) is 0 Å². The number of ether oxygens (including phenoxy) is 1. The van der Waals surface area contributed by atoms with E-state index in [1.807, 2.05) is 32.2 Å². The van der Waals surface area contributed by atoms with Crippen LogP contribution in [0.15, 0.2) is 55.1 Å². The number of aromatic nitrogens is 3. The lowest BCUT2D eigenvalue weighted by Crippen LogP contribution is -2.47. The predicted octanol–water partition coefficient (Wildman–Crippen LogP) is 4.37. The minimum Gasteiger partial charge on any atom is -0.475 e. The number of amides is 1. The fourth-order valence-corrected chi connectivity index (χ4v) is 6.76. The van der Waals surface area contributed by atoms with E-state index in [-0.39, 0.29) is 41.6 Å². The zero-order valence-electron chi connectivity index (χ0n) is 24.4. The molecule has 10 nitrogen and oxygen atoms in total. The summed E-state index contributed by atoms with van der Waals surface area (Å²) in [4.78, 5) is 28.4. The van der Waals surface area contributed by atoms with Crippen molar-refractivity contribution in [1.82, 2.24) is 20.3 Å². The van der Waals surface area contributed by atoms with Crippen LogP contribution in [0.4, 0.5) is 15.8 Å².